The highest BCUT2D eigenvalue weighted by Crippen LogP contribution is 2.30. The van der Waals surface area contributed by atoms with Gasteiger partial charge in [0.25, 0.3) is 0 Å². The summed E-state index contributed by atoms with van der Waals surface area (Å²) in [7, 11) is 0. The number of ether oxygens (including phenoxy) is 1. The van der Waals surface area contributed by atoms with E-state index < -0.39 is 0 Å². The van der Waals surface area contributed by atoms with Crippen molar-refractivity contribution in [1.29, 1.82) is 0 Å². The van der Waals surface area contributed by atoms with Gasteiger partial charge in [0.15, 0.2) is 0 Å². The zero-order valence-corrected chi connectivity index (χ0v) is 10.9. The Labute approximate surface area is 107 Å². The summed E-state index contributed by atoms with van der Waals surface area (Å²) in [6, 6.07) is 2.36. The molecular formula is C12H18ClN3O. The van der Waals surface area contributed by atoms with Crippen molar-refractivity contribution in [2.45, 2.75) is 32.2 Å². The monoisotopic (exact) mass is 255 g/mol. The smallest absolute Gasteiger partial charge is 0.228 e. The summed E-state index contributed by atoms with van der Waals surface area (Å²) in [6.07, 6.45) is 5.14. The molecule has 0 aliphatic heterocycles. The second-order valence-corrected chi connectivity index (χ2v) is 4.53. The lowest BCUT2D eigenvalue weighted by Crippen LogP contribution is -2.29. The van der Waals surface area contributed by atoms with Gasteiger partial charge >= 0.3 is 0 Å². The second-order valence-electron chi connectivity index (χ2n) is 4.16. The van der Waals surface area contributed by atoms with E-state index in [-0.39, 0.29) is 0 Å². The minimum atomic E-state index is 0.565. The number of aromatic nitrogens is 2. The van der Waals surface area contributed by atoms with Gasteiger partial charge in [-0.1, -0.05) is 6.92 Å². The summed E-state index contributed by atoms with van der Waals surface area (Å²) in [5.41, 5.74) is 0. The van der Waals surface area contributed by atoms with Crippen LogP contribution in [0.4, 0.5) is 5.95 Å². The molecule has 0 aromatic carbocycles. The van der Waals surface area contributed by atoms with E-state index >= 15 is 0 Å². The summed E-state index contributed by atoms with van der Waals surface area (Å²) in [4.78, 5) is 10.9. The van der Waals surface area contributed by atoms with E-state index in [1.165, 1.54) is 12.8 Å². The van der Waals surface area contributed by atoms with Crippen molar-refractivity contribution in [3.63, 3.8) is 0 Å². The number of rotatable bonds is 7. The van der Waals surface area contributed by atoms with E-state index in [0.29, 0.717) is 24.4 Å². The van der Waals surface area contributed by atoms with Gasteiger partial charge in [0.05, 0.1) is 6.61 Å². The third-order valence-electron chi connectivity index (χ3n) is 2.64. The van der Waals surface area contributed by atoms with Crippen LogP contribution in [0.25, 0.3) is 0 Å². The quantitative estimate of drug-likeness (QED) is 0.702. The molecule has 17 heavy (non-hydrogen) atoms. The highest BCUT2D eigenvalue weighted by atomic mass is 35.5. The molecule has 0 saturated heterocycles. The first-order valence-electron chi connectivity index (χ1n) is 6.13. The standard InChI is InChI=1S/C12H18ClN3O/c1-2-9-17-11-5-7-14-12(15-11)16(8-6-13)10-3-4-10/h5,7,10H,2-4,6,8-9H2,1H3. The molecule has 1 aliphatic carbocycles. The average molecular weight is 256 g/mol. The fourth-order valence-corrected chi connectivity index (χ4v) is 1.86. The summed E-state index contributed by atoms with van der Waals surface area (Å²) < 4.78 is 5.51. The molecule has 1 aliphatic rings. The van der Waals surface area contributed by atoms with Gasteiger partial charge in [-0.2, -0.15) is 4.98 Å². The summed E-state index contributed by atoms with van der Waals surface area (Å²) in [5, 5.41) is 0. The third kappa shape index (κ3) is 3.46. The average Bonchev–Trinajstić information content (AvgIpc) is 3.18. The maximum atomic E-state index is 5.81. The zero-order valence-electron chi connectivity index (χ0n) is 10.1. The third-order valence-corrected chi connectivity index (χ3v) is 2.81. The summed E-state index contributed by atoms with van der Waals surface area (Å²) in [5.74, 6) is 1.98. The second kappa shape index (κ2) is 6.05. The molecule has 0 spiro atoms. The SMILES string of the molecule is CCCOc1ccnc(N(CCCl)C2CC2)n1. The molecule has 0 amide bonds. The van der Waals surface area contributed by atoms with E-state index in [2.05, 4.69) is 21.8 Å². The van der Waals surface area contributed by atoms with Gasteiger partial charge in [0.2, 0.25) is 11.8 Å². The van der Waals surface area contributed by atoms with E-state index in [0.717, 1.165) is 18.9 Å². The van der Waals surface area contributed by atoms with Crippen LogP contribution in [0, 0.1) is 0 Å². The lowest BCUT2D eigenvalue weighted by atomic mass is 10.5. The summed E-state index contributed by atoms with van der Waals surface area (Å²) in [6.45, 7) is 3.56. The molecule has 1 fully saturated rings. The predicted molar refractivity (Wildman–Crippen MR) is 68.9 cm³/mol. The fourth-order valence-electron chi connectivity index (χ4n) is 1.68. The number of alkyl halides is 1. The molecule has 4 nitrogen and oxygen atoms in total. The van der Waals surface area contributed by atoms with Gasteiger partial charge in [0.1, 0.15) is 0 Å². The van der Waals surface area contributed by atoms with Crippen molar-refractivity contribution in [3.05, 3.63) is 12.3 Å². The topological polar surface area (TPSA) is 38.2 Å². The number of hydrogen-bond acceptors (Lipinski definition) is 4. The van der Waals surface area contributed by atoms with Crippen LogP contribution in [0.3, 0.4) is 0 Å². The minimum absolute atomic E-state index is 0.565. The summed E-state index contributed by atoms with van der Waals surface area (Å²) >= 11 is 5.81. The fraction of sp³-hybridized carbons (Fsp3) is 0.667. The molecule has 0 radical (unpaired) electrons. The molecule has 1 aromatic rings. The number of anilines is 1. The van der Waals surface area contributed by atoms with Crippen LogP contribution >= 0.6 is 11.6 Å². The first-order chi connectivity index (χ1) is 8.35. The molecule has 2 rings (SSSR count). The van der Waals surface area contributed by atoms with Crippen molar-refractivity contribution in [2.75, 3.05) is 23.9 Å². The Hall–Kier alpha value is -1.03. The van der Waals surface area contributed by atoms with Gasteiger partial charge in [-0.05, 0) is 19.3 Å². The van der Waals surface area contributed by atoms with Gasteiger partial charge in [0, 0.05) is 30.7 Å². The largest absolute Gasteiger partial charge is 0.478 e. The van der Waals surface area contributed by atoms with E-state index in [4.69, 9.17) is 16.3 Å². The van der Waals surface area contributed by atoms with Crippen molar-refractivity contribution in [3.8, 4) is 5.88 Å². The van der Waals surface area contributed by atoms with Crippen LogP contribution < -0.4 is 9.64 Å². The van der Waals surface area contributed by atoms with Crippen LogP contribution in [-0.2, 0) is 0 Å². The van der Waals surface area contributed by atoms with Gasteiger partial charge in [-0.3, -0.25) is 0 Å². The minimum Gasteiger partial charge on any atom is -0.478 e. The zero-order chi connectivity index (χ0) is 12.1. The van der Waals surface area contributed by atoms with Crippen molar-refractivity contribution >= 4 is 17.5 Å². The highest BCUT2D eigenvalue weighted by Gasteiger charge is 2.30. The lowest BCUT2D eigenvalue weighted by Gasteiger charge is -2.21. The highest BCUT2D eigenvalue weighted by molar-refractivity contribution is 6.18. The van der Waals surface area contributed by atoms with Crippen LogP contribution in [0.5, 0.6) is 5.88 Å². The normalized spacial score (nSPS) is 14.7. The first-order valence-corrected chi connectivity index (χ1v) is 6.67. The van der Waals surface area contributed by atoms with E-state index in [1.54, 1.807) is 12.3 Å². The van der Waals surface area contributed by atoms with Crippen molar-refractivity contribution in [1.82, 2.24) is 9.97 Å². The Morgan fingerprint density at radius 2 is 2.35 bits per heavy atom. The van der Waals surface area contributed by atoms with Gasteiger partial charge in [-0.25, -0.2) is 4.98 Å². The van der Waals surface area contributed by atoms with Crippen molar-refractivity contribution in [2.24, 2.45) is 0 Å². The Kier molecular flexibility index (Phi) is 4.42. The molecule has 0 atom stereocenters. The Morgan fingerprint density at radius 3 is 3.00 bits per heavy atom. The maximum Gasteiger partial charge on any atom is 0.228 e. The van der Waals surface area contributed by atoms with Gasteiger partial charge < -0.3 is 9.64 Å². The van der Waals surface area contributed by atoms with Crippen LogP contribution in [-0.4, -0.2) is 35.0 Å². The van der Waals surface area contributed by atoms with Crippen molar-refractivity contribution < 1.29 is 4.74 Å². The van der Waals surface area contributed by atoms with Crippen LogP contribution in [0.15, 0.2) is 12.3 Å². The lowest BCUT2D eigenvalue weighted by molar-refractivity contribution is 0.304. The number of hydrogen-bond donors (Lipinski definition) is 0. The molecule has 94 valence electrons. The first kappa shape index (κ1) is 12.4. The van der Waals surface area contributed by atoms with E-state index in [1.807, 2.05) is 0 Å². The van der Waals surface area contributed by atoms with E-state index in [9.17, 15) is 0 Å². The Balaban J connectivity index is 2.07. The molecule has 0 N–H and O–H groups in total. The molecule has 1 aromatic heterocycles. The molecule has 0 bridgehead atoms. The maximum absolute atomic E-state index is 5.81. The molecule has 1 heterocycles. The van der Waals surface area contributed by atoms with Crippen LogP contribution in [0.1, 0.15) is 26.2 Å². The molecule has 5 heteroatoms. The number of nitrogens with zero attached hydrogens (tertiary/aromatic N) is 3. The molecule has 0 unspecified atom stereocenters. The molecule has 1 saturated carbocycles. The van der Waals surface area contributed by atoms with Crippen LogP contribution in [0.2, 0.25) is 0 Å². The molecular weight excluding hydrogens is 238 g/mol. The Bertz CT molecular complexity index is 357. The Morgan fingerprint density at radius 1 is 1.53 bits per heavy atom. The number of halogens is 1. The van der Waals surface area contributed by atoms with Gasteiger partial charge in [-0.15, -0.1) is 11.6 Å². The predicted octanol–water partition coefficient (Wildman–Crippen LogP) is 2.47.